The Kier molecular flexibility index (Phi) is 8.68. The van der Waals surface area contributed by atoms with E-state index in [9.17, 15) is 4.79 Å². The van der Waals surface area contributed by atoms with Gasteiger partial charge in [0.05, 0.1) is 38.6 Å². The highest BCUT2D eigenvalue weighted by Gasteiger charge is 2.11. The second kappa shape index (κ2) is 11.2. The van der Waals surface area contributed by atoms with E-state index >= 15 is 0 Å². The van der Waals surface area contributed by atoms with Crippen molar-refractivity contribution in [2.24, 2.45) is 0 Å². The van der Waals surface area contributed by atoms with Gasteiger partial charge in [-0.15, -0.1) is 0 Å². The molecule has 0 saturated heterocycles. The van der Waals surface area contributed by atoms with Gasteiger partial charge in [0.15, 0.2) is 11.5 Å². The summed E-state index contributed by atoms with van der Waals surface area (Å²) in [6.45, 7) is 2.66. The number of hydrogen-bond acceptors (Lipinski definition) is 5. The van der Waals surface area contributed by atoms with E-state index < -0.39 is 0 Å². The Hall–Kier alpha value is -2.86. The SMILES string of the molecule is CCCCOc1ccc(OC)cc1NC(=O)/C=C/c1cc(Cl)c(OC)c(OC)c1. The minimum absolute atomic E-state index is 0.315. The average Bonchev–Trinajstić information content (AvgIpc) is 2.72. The Balaban J connectivity index is 2.17. The molecule has 2 aromatic carbocycles. The van der Waals surface area contributed by atoms with Crippen LogP contribution in [0.4, 0.5) is 5.69 Å². The second-order valence-corrected chi connectivity index (χ2v) is 6.53. The molecule has 0 unspecified atom stereocenters. The number of carbonyl (C=O) groups is 1. The molecule has 2 rings (SSSR count). The predicted octanol–water partition coefficient (Wildman–Crippen LogP) is 5.20. The number of nitrogens with one attached hydrogen (secondary N) is 1. The Morgan fingerprint density at radius 1 is 1.07 bits per heavy atom. The van der Waals surface area contributed by atoms with Gasteiger partial charge < -0.3 is 24.3 Å². The molecule has 0 saturated carbocycles. The highest BCUT2D eigenvalue weighted by molar-refractivity contribution is 6.32. The Morgan fingerprint density at radius 2 is 1.86 bits per heavy atom. The van der Waals surface area contributed by atoms with Crippen molar-refractivity contribution >= 4 is 29.3 Å². The van der Waals surface area contributed by atoms with E-state index in [1.807, 2.05) is 0 Å². The molecule has 0 aliphatic rings. The zero-order chi connectivity index (χ0) is 21.2. The van der Waals surface area contributed by atoms with Crippen LogP contribution in [-0.2, 0) is 4.79 Å². The summed E-state index contributed by atoms with van der Waals surface area (Å²) in [5.41, 5.74) is 1.24. The van der Waals surface area contributed by atoms with E-state index in [0.29, 0.717) is 45.9 Å². The number of carbonyl (C=O) groups excluding carboxylic acids is 1. The van der Waals surface area contributed by atoms with Gasteiger partial charge in [0.25, 0.3) is 0 Å². The van der Waals surface area contributed by atoms with Crippen molar-refractivity contribution in [3.63, 3.8) is 0 Å². The van der Waals surface area contributed by atoms with Gasteiger partial charge >= 0.3 is 0 Å². The molecule has 0 aromatic heterocycles. The fourth-order valence-corrected chi connectivity index (χ4v) is 2.86. The lowest BCUT2D eigenvalue weighted by atomic mass is 10.2. The number of unbranched alkanes of at least 4 members (excludes halogenated alkanes) is 1. The van der Waals surface area contributed by atoms with Crippen molar-refractivity contribution in [2.75, 3.05) is 33.3 Å². The molecule has 0 bridgehead atoms. The Bertz CT molecular complexity index is 867. The first-order valence-corrected chi connectivity index (χ1v) is 9.61. The van der Waals surface area contributed by atoms with Crippen LogP contribution in [0.1, 0.15) is 25.3 Å². The van der Waals surface area contributed by atoms with Gasteiger partial charge in [-0.05, 0) is 42.3 Å². The maximum Gasteiger partial charge on any atom is 0.248 e. The smallest absolute Gasteiger partial charge is 0.248 e. The fraction of sp³-hybridized carbons (Fsp3) is 0.318. The van der Waals surface area contributed by atoms with E-state index in [2.05, 4.69) is 12.2 Å². The molecule has 0 heterocycles. The molecule has 0 radical (unpaired) electrons. The number of rotatable bonds is 10. The fourth-order valence-electron chi connectivity index (χ4n) is 2.57. The molecule has 0 spiro atoms. The van der Waals surface area contributed by atoms with Crippen molar-refractivity contribution in [1.29, 1.82) is 0 Å². The lowest BCUT2D eigenvalue weighted by molar-refractivity contribution is -0.111. The highest BCUT2D eigenvalue weighted by Crippen LogP contribution is 2.36. The molecule has 156 valence electrons. The molecule has 2 aromatic rings. The van der Waals surface area contributed by atoms with Gasteiger partial charge in [-0.2, -0.15) is 0 Å². The van der Waals surface area contributed by atoms with Crippen molar-refractivity contribution in [3.05, 3.63) is 47.0 Å². The molecule has 0 atom stereocenters. The van der Waals surface area contributed by atoms with E-state index in [-0.39, 0.29) is 5.91 Å². The van der Waals surface area contributed by atoms with Crippen LogP contribution >= 0.6 is 11.6 Å². The van der Waals surface area contributed by atoms with E-state index in [0.717, 1.165) is 12.8 Å². The Labute approximate surface area is 176 Å². The summed E-state index contributed by atoms with van der Waals surface area (Å²) in [6, 6.07) is 8.72. The van der Waals surface area contributed by atoms with Gasteiger partial charge in [0, 0.05) is 12.1 Å². The number of halogens is 1. The molecular formula is C22H26ClNO5. The van der Waals surface area contributed by atoms with Crippen LogP contribution in [0.3, 0.4) is 0 Å². The van der Waals surface area contributed by atoms with Crippen LogP contribution in [-0.4, -0.2) is 33.8 Å². The zero-order valence-corrected chi connectivity index (χ0v) is 17.8. The third-order valence-corrected chi connectivity index (χ3v) is 4.36. The molecule has 0 aliphatic heterocycles. The van der Waals surface area contributed by atoms with E-state index in [1.165, 1.54) is 20.3 Å². The molecule has 0 fully saturated rings. The molecule has 0 aliphatic carbocycles. The number of methoxy groups -OCH3 is 3. The summed E-state index contributed by atoms with van der Waals surface area (Å²) < 4.78 is 21.5. The third-order valence-electron chi connectivity index (χ3n) is 4.08. The normalized spacial score (nSPS) is 10.7. The first-order chi connectivity index (χ1) is 14.0. The van der Waals surface area contributed by atoms with Crippen LogP contribution in [0.15, 0.2) is 36.4 Å². The molecule has 6 nitrogen and oxygen atoms in total. The van der Waals surface area contributed by atoms with Gasteiger partial charge in [0.1, 0.15) is 11.5 Å². The minimum Gasteiger partial charge on any atom is -0.497 e. The summed E-state index contributed by atoms with van der Waals surface area (Å²) in [5.74, 6) is 1.83. The number of benzene rings is 2. The van der Waals surface area contributed by atoms with Gasteiger partial charge in [-0.1, -0.05) is 24.9 Å². The van der Waals surface area contributed by atoms with Crippen LogP contribution < -0.4 is 24.3 Å². The topological polar surface area (TPSA) is 66.0 Å². The zero-order valence-electron chi connectivity index (χ0n) is 17.1. The summed E-state index contributed by atoms with van der Waals surface area (Å²) in [6.07, 6.45) is 5.00. The summed E-state index contributed by atoms with van der Waals surface area (Å²) in [4.78, 5) is 12.4. The number of amides is 1. The quantitative estimate of drug-likeness (QED) is 0.423. The average molecular weight is 420 g/mol. The minimum atomic E-state index is -0.315. The maximum absolute atomic E-state index is 12.4. The standard InChI is InChI=1S/C22H26ClNO5/c1-5-6-11-29-19-9-8-16(26-2)14-18(19)24-21(25)10-7-15-12-17(23)22(28-4)20(13-15)27-3/h7-10,12-14H,5-6,11H2,1-4H3,(H,24,25)/b10-7+. The van der Waals surface area contributed by atoms with Crippen molar-refractivity contribution in [1.82, 2.24) is 0 Å². The second-order valence-electron chi connectivity index (χ2n) is 6.12. The van der Waals surface area contributed by atoms with Gasteiger partial charge in [0.2, 0.25) is 5.91 Å². The first-order valence-electron chi connectivity index (χ1n) is 9.23. The van der Waals surface area contributed by atoms with Crippen LogP contribution in [0.25, 0.3) is 6.08 Å². The maximum atomic E-state index is 12.4. The monoisotopic (exact) mass is 419 g/mol. The number of ether oxygens (including phenoxy) is 4. The van der Waals surface area contributed by atoms with Gasteiger partial charge in [-0.25, -0.2) is 0 Å². The highest BCUT2D eigenvalue weighted by atomic mass is 35.5. The van der Waals surface area contributed by atoms with E-state index in [1.54, 1.807) is 43.5 Å². The first kappa shape index (κ1) is 22.4. The molecule has 1 amide bonds. The lowest BCUT2D eigenvalue weighted by Crippen LogP contribution is -2.10. The van der Waals surface area contributed by atoms with Crippen molar-refractivity contribution < 1.29 is 23.7 Å². The van der Waals surface area contributed by atoms with Crippen LogP contribution in [0.2, 0.25) is 5.02 Å². The largest absolute Gasteiger partial charge is 0.497 e. The lowest BCUT2D eigenvalue weighted by Gasteiger charge is -2.13. The van der Waals surface area contributed by atoms with E-state index in [4.69, 9.17) is 30.5 Å². The summed E-state index contributed by atoms with van der Waals surface area (Å²) in [7, 11) is 4.61. The predicted molar refractivity (Wildman–Crippen MR) is 116 cm³/mol. The number of hydrogen-bond donors (Lipinski definition) is 1. The summed E-state index contributed by atoms with van der Waals surface area (Å²) >= 11 is 6.20. The molecule has 1 N–H and O–H groups in total. The molecule has 7 heteroatoms. The van der Waals surface area contributed by atoms with Gasteiger partial charge in [-0.3, -0.25) is 4.79 Å². The molecular weight excluding hydrogens is 394 g/mol. The Morgan fingerprint density at radius 3 is 2.52 bits per heavy atom. The molecule has 29 heavy (non-hydrogen) atoms. The third kappa shape index (κ3) is 6.32. The van der Waals surface area contributed by atoms with Crippen LogP contribution in [0, 0.1) is 0 Å². The summed E-state index contributed by atoms with van der Waals surface area (Å²) in [5, 5.41) is 3.22. The van der Waals surface area contributed by atoms with Crippen molar-refractivity contribution in [3.8, 4) is 23.0 Å². The van der Waals surface area contributed by atoms with Crippen molar-refractivity contribution in [2.45, 2.75) is 19.8 Å². The van der Waals surface area contributed by atoms with Crippen LogP contribution in [0.5, 0.6) is 23.0 Å². The number of anilines is 1.